The van der Waals surface area contributed by atoms with Crippen LogP contribution in [0.15, 0.2) is 18.2 Å². The molecule has 2 aliphatic rings. The minimum atomic E-state index is 0.688. The highest BCUT2D eigenvalue weighted by Crippen LogP contribution is 2.26. The third kappa shape index (κ3) is 2.90. The number of pyridine rings is 1. The second-order valence-electron chi connectivity index (χ2n) is 5.55. The molecule has 0 bridgehead atoms. The molecule has 2 unspecified atom stereocenters. The van der Waals surface area contributed by atoms with Crippen molar-refractivity contribution in [2.45, 2.75) is 44.3 Å². The van der Waals surface area contributed by atoms with Crippen molar-refractivity contribution in [3.63, 3.8) is 0 Å². The molecule has 2 atom stereocenters. The van der Waals surface area contributed by atoms with Crippen molar-refractivity contribution in [3.8, 4) is 5.88 Å². The molecule has 104 valence electrons. The standard InChI is InChI=1S/C15H23N3O/c1-19-15-8-2-5-12(17-15)11-18-10-4-7-14(18)13-6-3-9-16-13/h2,5,8,13-14,16H,3-4,6-7,9-11H2,1H3. The van der Waals surface area contributed by atoms with Gasteiger partial charge in [0.05, 0.1) is 12.8 Å². The van der Waals surface area contributed by atoms with Crippen molar-refractivity contribution >= 4 is 0 Å². The summed E-state index contributed by atoms with van der Waals surface area (Å²) < 4.78 is 5.20. The van der Waals surface area contributed by atoms with E-state index in [-0.39, 0.29) is 0 Å². The largest absolute Gasteiger partial charge is 0.481 e. The first kappa shape index (κ1) is 12.9. The van der Waals surface area contributed by atoms with Crippen LogP contribution in [0.4, 0.5) is 0 Å². The van der Waals surface area contributed by atoms with Crippen molar-refractivity contribution in [3.05, 3.63) is 23.9 Å². The number of methoxy groups -OCH3 is 1. The molecule has 2 fully saturated rings. The molecule has 19 heavy (non-hydrogen) atoms. The van der Waals surface area contributed by atoms with E-state index in [1.54, 1.807) is 7.11 Å². The Balaban J connectivity index is 1.67. The predicted octanol–water partition coefficient (Wildman–Crippen LogP) is 1.81. The lowest BCUT2D eigenvalue weighted by atomic mass is 10.0. The lowest BCUT2D eigenvalue weighted by molar-refractivity contribution is 0.204. The van der Waals surface area contributed by atoms with Crippen LogP contribution in [0.5, 0.6) is 5.88 Å². The molecule has 0 aliphatic carbocycles. The Kier molecular flexibility index (Phi) is 3.99. The predicted molar refractivity (Wildman–Crippen MR) is 75.2 cm³/mol. The first-order chi connectivity index (χ1) is 9.36. The van der Waals surface area contributed by atoms with Crippen LogP contribution >= 0.6 is 0 Å². The monoisotopic (exact) mass is 261 g/mol. The quantitative estimate of drug-likeness (QED) is 0.897. The summed E-state index contributed by atoms with van der Waals surface area (Å²) in [7, 11) is 1.67. The van der Waals surface area contributed by atoms with E-state index in [0.717, 1.165) is 12.2 Å². The average Bonchev–Trinajstić information content (AvgIpc) is 3.09. The Morgan fingerprint density at radius 1 is 1.37 bits per heavy atom. The van der Waals surface area contributed by atoms with Gasteiger partial charge in [-0.25, -0.2) is 4.98 Å². The van der Waals surface area contributed by atoms with Gasteiger partial charge in [0.15, 0.2) is 0 Å². The number of rotatable bonds is 4. The summed E-state index contributed by atoms with van der Waals surface area (Å²) in [6.07, 6.45) is 5.29. The topological polar surface area (TPSA) is 37.4 Å². The molecular weight excluding hydrogens is 238 g/mol. The molecule has 0 aromatic carbocycles. The zero-order valence-corrected chi connectivity index (χ0v) is 11.6. The third-order valence-electron chi connectivity index (χ3n) is 4.33. The first-order valence-electron chi connectivity index (χ1n) is 7.34. The van der Waals surface area contributed by atoms with Crippen LogP contribution in [0.1, 0.15) is 31.4 Å². The van der Waals surface area contributed by atoms with Crippen LogP contribution in [0.3, 0.4) is 0 Å². The van der Waals surface area contributed by atoms with Crippen molar-refractivity contribution in [2.24, 2.45) is 0 Å². The highest BCUT2D eigenvalue weighted by atomic mass is 16.5. The summed E-state index contributed by atoms with van der Waals surface area (Å²) in [6.45, 7) is 3.33. The van der Waals surface area contributed by atoms with Crippen molar-refractivity contribution in [1.82, 2.24) is 15.2 Å². The molecule has 2 saturated heterocycles. The normalized spacial score (nSPS) is 27.8. The minimum absolute atomic E-state index is 0.688. The lowest BCUT2D eigenvalue weighted by Gasteiger charge is -2.29. The lowest BCUT2D eigenvalue weighted by Crippen LogP contribution is -2.43. The Hall–Kier alpha value is -1.13. The van der Waals surface area contributed by atoms with E-state index in [9.17, 15) is 0 Å². The molecule has 1 aromatic heterocycles. The number of nitrogens with zero attached hydrogens (tertiary/aromatic N) is 2. The zero-order valence-electron chi connectivity index (χ0n) is 11.6. The smallest absolute Gasteiger partial charge is 0.213 e. The molecule has 3 rings (SSSR count). The van der Waals surface area contributed by atoms with E-state index < -0.39 is 0 Å². The maximum atomic E-state index is 5.20. The maximum Gasteiger partial charge on any atom is 0.213 e. The van der Waals surface area contributed by atoms with Gasteiger partial charge in [-0.15, -0.1) is 0 Å². The highest BCUT2D eigenvalue weighted by molar-refractivity contribution is 5.16. The molecule has 4 nitrogen and oxygen atoms in total. The van der Waals surface area contributed by atoms with Crippen molar-refractivity contribution in [1.29, 1.82) is 0 Å². The van der Waals surface area contributed by atoms with Crippen LogP contribution in [0.25, 0.3) is 0 Å². The molecule has 0 spiro atoms. The molecule has 1 aromatic rings. The van der Waals surface area contributed by atoms with Crippen LogP contribution in [-0.4, -0.2) is 42.2 Å². The summed E-state index contributed by atoms with van der Waals surface area (Å²) in [4.78, 5) is 7.12. The van der Waals surface area contributed by atoms with Gasteiger partial charge in [0, 0.05) is 24.7 Å². The van der Waals surface area contributed by atoms with Crippen LogP contribution < -0.4 is 10.1 Å². The average molecular weight is 261 g/mol. The number of aromatic nitrogens is 1. The van der Waals surface area contributed by atoms with Gasteiger partial charge in [0.1, 0.15) is 0 Å². The fourth-order valence-electron chi connectivity index (χ4n) is 3.41. The summed E-state index contributed by atoms with van der Waals surface area (Å²) in [5.74, 6) is 0.715. The molecule has 4 heteroatoms. The number of hydrogen-bond acceptors (Lipinski definition) is 4. The number of nitrogens with one attached hydrogen (secondary N) is 1. The van der Waals surface area contributed by atoms with Gasteiger partial charge >= 0.3 is 0 Å². The van der Waals surface area contributed by atoms with Gasteiger partial charge in [-0.05, 0) is 44.8 Å². The summed E-state index contributed by atoms with van der Waals surface area (Å²) in [5.41, 5.74) is 1.12. The van der Waals surface area contributed by atoms with Gasteiger partial charge in [-0.1, -0.05) is 6.07 Å². The van der Waals surface area contributed by atoms with Gasteiger partial charge in [0.2, 0.25) is 5.88 Å². The van der Waals surface area contributed by atoms with Crippen molar-refractivity contribution in [2.75, 3.05) is 20.2 Å². The Morgan fingerprint density at radius 2 is 2.32 bits per heavy atom. The van der Waals surface area contributed by atoms with Crippen LogP contribution in [0.2, 0.25) is 0 Å². The molecule has 1 N–H and O–H groups in total. The fourth-order valence-corrected chi connectivity index (χ4v) is 3.41. The van der Waals surface area contributed by atoms with E-state index in [2.05, 4.69) is 21.3 Å². The molecule has 0 radical (unpaired) electrons. The summed E-state index contributed by atoms with van der Waals surface area (Å²) in [6, 6.07) is 7.41. The molecular formula is C15H23N3O. The SMILES string of the molecule is COc1cccc(CN2CCCC2C2CCCN2)n1. The van der Waals surface area contributed by atoms with Gasteiger partial charge < -0.3 is 10.1 Å². The minimum Gasteiger partial charge on any atom is -0.481 e. The number of likely N-dealkylation sites (tertiary alicyclic amines) is 1. The zero-order chi connectivity index (χ0) is 13.1. The van der Waals surface area contributed by atoms with E-state index >= 15 is 0 Å². The molecule has 2 aliphatic heterocycles. The molecule has 0 amide bonds. The van der Waals surface area contributed by atoms with Gasteiger partial charge in [-0.3, -0.25) is 4.90 Å². The van der Waals surface area contributed by atoms with Crippen LogP contribution in [0, 0.1) is 0 Å². The summed E-state index contributed by atoms with van der Waals surface area (Å²) >= 11 is 0. The first-order valence-corrected chi connectivity index (χ1v) is 7.34. The third-order valence-corrected chi connectivity index (χ3v) is 4.33. The van der Waals surface area contributed by atoms with Gasteiger partial charge in [0.25, 0.3) is 0 Å². The van der Waals surface area contributed by atoms with E-state index in [1.807, 2.05) is 12.1 Å². The van der Waals surface area contributed by atoms with Gasteiger partial charge in [-0.2, -0.15) is 0 Å². The van der Waals surface area contributed by atoms with Crippen LogP contribution in [-0.2, 0) is 6.54 Å². The number of ether oxygens (including phenoxy) is 1. The second-order valence-corrected chi connectivity index (χ2v) is 5.55. The Labute approximate surface area is 115 Å². The van der Waals surface area contributed by atoms with Crippen molar-refractivity contribution < 1.29 is 4.74 Å². The molecule has 0 saturated carbocycles. The Bertz CT molecular complexity index is 418. The number of hydrogen-bond donors (Lipinski definition) is 1. The summed E-state index contributed by atoms with van der Waals surface area (Å²) in [5, 5.41) is 3.65. The highest BCUT2D eigenvalue weighted by Gasteiger charge is 2.33. The van der Waals surface area contributed by atoms with E-state index in [4.69, 9.17) is 4.74 Å². The second kappa shape index (κ2) is 5.88. The fraction of sp³-hybridized carbons (Fsp3) is 0.667. The molecule has 3 heterocycles. The van der Waals surface area contributed by atoms with E-state index in [1.165, 1.54) is 38.8 Å². The Morgan fingerprint density at radius 3 is 3.11 bits per heavy atom. The maximum absolute atomic E-state index is 5.20. The van der Waals surface area contributed by atoms with E-state index in [0.29, 0.717) is 18.0 Å².